The molecule has 0 unspecified atom stereocenters. The smallest absolute Gasteiger partial charge is 0.188 e. The Balaban J connectivity index is 2.64. The first kappa shape index (κ1) is 42.1. The van der Waals surface area contributed by atoms with Crippen molar-refractivity contribution in [1.29, 1.82) is 0 Å². The van der Waals surface area contributed by atoms with Crippen LogP contribution in [0.2, 0.25) is 118 Å². The summed E-state index contributed by atoms with van der Waals surface area (Å²) in [5, 5.41) is 0. The first-order valence-corrected chi connectivity index (χ1v) is 37.3. The summed E-state index contributed by atoms with van der Waals surface area (Å²) >= 11 is 0. The molecule has 0 radical (unpaired) electrons. The normalized spacial score (nSPS) is 34.7. The van der Waals surface area contributed by atoms with E-state index in [1.165, 1.54) is 0 Å². The van der Waals surface area contributed by atoms with E-state index in [0.29, 0.717) is 0 Å². The molecule has 2 fully saturated rings. The van der Waals surface area contributed by atoms with Crippen LogP contribution < -0.4 is 0 Å². The molecule has 0 aromatic carbocycles. The molecule has 0 aromatic rings. The number of hydrogen-bond acceptors (Lipinski definition) is 9. The lowest BCUT2D eigenvalue weighted by Crippen LogP contribution is -2.68. The van der Waals surface area contributed by atoms with Gasteiger partial charge in [0.25, 0.3) is 0 Å². The van der Waals surface area contributed by atoms with Gasteiger partial charge in [0, 0.05) is 0 Å². The van der Waals surface area contributed by atoms with Crippen LogP contribution in [0.25, 0.3) is 0 Å². The van der Waals surface area contributed by atoms with Crippen LogP contribution in [0.3, 0.4) is 0 Å². The molecule has 0 bridgehead atoms. The number of hydrogen-bond donors (Lipinski definition) is 0. The van der Waals surface area contributed by atoms with Crippen molar-refractivity contribution in [2.75, 3.05) is 0 Å². The Hall–Kier alpha value is 0.941. The van der Waals surface area contributed by atoms with Gasteiger partial charge in [-0.05, 0) is 132 Å². The molecule has 15 heteroatoms. The maximum Gasteiger partial charge on any atom is 0.188 e. The van der Waals surface area contributed by atoms with E-state index in [4.69, 9.17) is 40.8 Å². The first-order valence-electron chi connectivity index (χ1n) is 16.9. The molecule has 2 heterocycles. The van der Waals surface area contributed by atoms with E-state index in [-0.39, 0.29) is 36.6 Å². The Kier molecular flexibility index (Phi) is 14.1. The summed E-state index contributed by atoms with van der Waals surface area (Å²) in [6.07, 6.45) is -4.30. The summed E-state index contributed by atoms with van der Waals surface area (Å²) in [6, 6.07) is 0. The molecule has 0 N–H and O–H groups in total. The molecule has 0 spiro atoms. The van der Waals surface area contributed by atoms with Crippen molar-refractivity contribution in [3.8, 4) is 0 Å². The molecule has 0 aromatic heterocycles. The van der Waals surface area contributed by atoms with Gasteiger partial charge in [-0.2, -0.15) is 0 Å². The van der Waals surface area contributed by atoms with Gasteiger partial charge >= 0.3 is 0 Å². The van der Waals surface area contributed by atoms with Gasteiger partial charge in [0.15, 0.2) is 62.5 Å². The van der Waals surface area contributed by atoms with Crippen LogP contribution in [0.5, 0.6) is 0 Å². The standard InChI is InChI=1S/C30H70O9Si6/c1-21-23(34-40(3,4)5)25(36-42(9,10)11)27(38-44(15,16)17)29(31-21)33-30-28(39-45(18,19)20)26(37-43(12,13)14)24(22(2)32-30)35-41(6,7)8/h21-30H,1-20H3/t21-,22-,23-,24-,25+,26+,27+,28+,29-,30-/m0/s1. The lowest BCUT2D eigenvalue weighted by Gasteiger charge is -2.53. The lowest BCUT2D eigenvalue weighted by atomic mass is 9.98. The minimum atomic E-state index is -2.10. The van der Waals surface area contributed by atoms with Gasteiger partial charge in [0.2, 0.25) is 0 Å². The molecule has 45 heavy (non-hydrogen) atoms. The van der Waals surface area contributed by atoms with Gasteiger partial charge in [0.05, 0.1) is 24.4 Å². The highest BCUT2D eigenvalue weighted by molar-refractivity contribution is 6.71. The monoisotopic (exact) mass is 742 g/mol. The van der Waals surface area contributed by atoms with Crippen LogP contribution in [0.4, 0.5) is 0 Å². The maximum absolute atomic E-state index is 6.97. The van der Waals surface area contributed by atoms with Gasteiger partial charge in [-0.15, -0.1) is 0 Å². The maximum atomic E-state index is 6.97. The molecule has 2 aliphatic rings. The van der Waals surface area contributed by atoms with Crippen LogP contribution in [0.15, 0.2) is 0 Å². The second-order valence-electron chi connectivity index (χ2n) is 18.7. The van der Waals surface area contributed by atoms with Gasteiger partial charge in [-0.25, -0.2) is 0 Å². The quantitative estimate of drug-likeness (QED) is 0.166. The SMILES string of the molecule is C[C@@H]1O[C@@H](O[C@@H]2O[C@@H](C)[C@H](O[Si](C)(C)C)[C@@H](O[Si](C)(C)C)[C@H]2O[Si](C)(C)C)[C@H](O[Si](C)(C)C)[C@H](O[Si](C)(C)C)[C@H]1O[Si](C)(C)C. The Bertz CT molecular complexity index is 859. The minimum absolute atomic E-state index is 0.276. The van der Waals surface area contributed by atoms with Crippen LogP contribution in [0, 0.1) is 0 Å². The zero-order chi connectivity index (χ0) is 35.1. The van der Waals surface area contributed by atoms with E-state index < -0.39 is 74.7 Å². The van der Waals surface area contributed by atoms with Gasteiger partial charge in [-0.3, -0.25) is 0 Å². The lowest BCUT2D eigenvalue weighted by molar-refractivity contribution is -0.362. The van der Waals surface area contributed by atoms with Crippen molar-refractivity contribution in [1.82, 2.24) is 0 Å². The molecule has 268 valence electrons. The van der Waals surface area contributed by atoms with Crippen LogP contribution in [-0.2, 0) is 40.8 Å². The Morgan fingerprint density at radius 2 is 0.511 bits per heavy atom. The molecule has 2 rings (SSSR count). The average molecular weight is 743 g/mol. The highest BCUT2D eigenvalue weighted by atomic mass is 28.4. The molecule has 0 aliphatic carbocycles. The van der Waals surface area contributed by atoms with Crippen molar-refractivity contribution in [3.05, 3.63) is 0 Å². The summed E-state index contributed by atoms with van der Waals surface area (Å²) in [5.74, 6) is 0. The fourth-order valence-electron chi connectivity index (χ4n) is 5.59. The van der Waals surface area contributed by atoms with Crippen molar-refractivity contribution in [2.45, 2.75) is 193 Å². The van der Waals surface area contributed by atoms with Crippen molar-refractivity contribution in [3.63, 3.8) is 0 Å². The van der Waals surface area contributed by atoms with Crippen molar-refractivity contribution < 1.29 is 40.8 Å². The van der Waals surface area contributed by atoms with Gasteiger partial charge in [-0.1, -0.05) is 0 Å². The fourth-order valence-corrected chi connectivity index (χ4v) is 12.2. The Labute approximate surface area is 282 Å². The van der Waals surface area contributed by atoms with E-state index in [9.17, 15) is 0 Å². The van der Waals surface area contributed by atoms with Gasteiger partial charge < -0.3 is 40.8 Å². The third-order valence-corrected chi connectivity index (χ3v) is 12.5. The third-order valence-electron chi connectivity index (χ3n) is 6.66. The van der Waals surface area contributed by atoms with E-state index in [1.807, 2.05) is 0 Å². The molecule has 10 atom stereocenters. The van der Waals surface area contributed by atoms with Gasteiger partial charge in [0.1, 0.15) is 24.4 Å². The predicted molar refractivity (Wildman–Crippen MR) is 199 cm³/mol. The largest absolute Gasteiger partial charge is 0.409 e. The molecule has 9 nitrogen and oxygen atoms in total. The summed E-state index contributed by atoms with van der Waals surface area (Å²) in [6.45, 7) is 43.7. The van der Waals surface area contributed by atoms with Crippen LogP contribution in [0.1, 0.15) is 13.8 Å². The highest BCUT2D eigenvalue weighted by Gasteiger charge is 2.55. The highest BCUT2D eigenvalue weighted by Crippen LogP contribution is 2.38. The minimum Gasteiger partial charge on any atom is -0.409 e. The Morgan fingerprint density at radius 3 is 0.733 bits per heavy atom. The van der Waals surface area contributed by atoms with E-state index in [1.54, 1.807) is 0 Å². The van der Waals surface area contributed by atoms with E-state index in [2.05, 4.69) is 132 Å². The molecular weight excluding hydrogens is 673 g/mol. The average Bonchev–Trinajstić information content (AvgIpc) is 2.74. The zero-order valence-corrected chi connectivity index (χ0v) is 38.4. The molecular formula is C30H70O9Si6. The topological polar surface area (TPSA) is 83.1 Å². The molecule has 2 aliphatic heterocycles. The molecule has 0 saturated carbocycles. The molecule has 2 saturated heterocycles. The second kappa shape index (κ2) is 15.0. The fraction of sp³-hybridized carbons (Fsp3) is 1.00. The summed E-state index contributed by atoms with van der Waals surface area (Å²) < 4.78 is 61.8. The molecule has 0 amide bonds. The second-order valence-corrected chi connectivity index (χ2v) is 45.5. The summed E-state index contributed by atoms with van der Waals surface area (Å²) in [5.41, 5.74) is 0. The predicted octanol–water partition coefficient (Wildman–Crippen LogP) is 7.81. The van der Waals surface area contributed by atoms with E-state index >= 15 is 0 Å². The Morgan fingerprint density at radius 1 is 0.311 bits per heavy atom. The summed E-state index contributed by atoms with van der Waals surface area (Å²) in [7, 11) is -12.2. The van der Waals surface area contributed by atoms with Crippen LogP contribution in [-0.4, -0.2) is 111 Å². The first-order chi connectivity index (χ1) is 19.8. The number of rotatable bonds is 14. The van der Waals surface area contributed by atoms with E-state index in [0.717, 1.165) is 0 Å². The number of ether oxygens (including phenoxy) is 3. The van der Waals surface area contributed by atoms with Crippen LogP contribution >= 0.6 is 0 Å². The zero-order valence-electron chi connectivity index (χ0n) is 32.4. The van der Waals surface area contributed by atoms with Crippen molar-refractivity contribution in [2.24, 2.45) is 0 Å². The third kappa shape index (κ3) is 14.8. The summed E-state index contributed by atoms with van der Waals surface area (Å²) in [4.78, 5) is 0. The van der Waals surface area contributed by atoms with Crippen molar-refractivity contribution >= 4 is 49.9 Å².